The second kappa shape index (κ2) is 4.96. The molecule has 3 heteroatoms. The van der Waals surface area contributed by atoms with Gasteiger partial charge in [-0.2, -0.15) is 0 Å². The Morgan fingerprint density at radius 2 is 2.29 bits per heavy atom. The van der Waals surface area contributed by atoms with E-state index in [-0.39, 0.29) is 0 Å². The first-order valence-corrected chi connectivity index (χ1v) is 5.70. The van der Waals surface area contributed by atoms with Crippen molar-refractivity contribution in [3.63, 3.8) is 0 Å². The van der Waals surface area contributed by atoms with Crippen LogP contribution in [0, 0.1) is 0 Å². The van der Waals surface area contributed by atoms with Crippen LogP contribution >= 0.6 is 11.8 Å². The molecule has 2 nitrogen and oxygen atoms in total. The van der Waals surface area contributed by atoms with Crippen molar-refractivity contribution in [1.82, 2.24) is 4.98 Å². The van der Waals surface area contributed by atoms with Crippen molar-refractivity contribution in [2.24, 2.45) is 4.99 Å². The third kappa shape index (κ3) is 2.70. The molecule has 1 aromatic heterocycles. The van der Waals surface area contributed by atoms with Crippen LogP contribution in [0.25, 0.3) is 6.08 Å². The van der Waals surface area contributed by atoms with E-state index in [0.29, 0.717) is 0 Å². The van der Waals surface area contributed by atoms with Gasteiger partial charge >= 0.3 is 0 Å². The summed E-state index contributed by atoms with van der Waals surface area (Å²) in [6, 6.07) is 5.90. The van der Waals surface area contributed by atoms with E-state index in [9.17, 15) is 0 Å². The zero-order valence-electron chi connectivity index (χ0n) is 7.89. The molecule has 0 fully saturated rings. The molecule has 14 heavy (non-hydrogen) atoms. The molecule has 2 rings (SSSR count). The molecule has 0 radical (unpaired) electrons. The molecule has 0 saturated carbocycles. The van der Waals surface area contributed by atoms with E-state index in [1.807, 2.05) is 42.1 Å². The number of nitrogens with zero attached hydrogens (tertiary/aromatic N) is 2. The second-order valence-electron chi connectivity index (χ2n) is 3.01. The van der Waals surface area contributed by atoms with Crippen molar-refractivity contribution in [3.8, 4) is 0 Å². The lowest BCUT2D eigenvalue weighted by Crippen LogP contribution is -2.00. The van der Waals surface area contributed by atoms with E-state index in [2.05, 4.69) is 9.98 Å². The molecule has 0 aliphatic carbocycles. The smallest absolute Gasteiger partial charge is 0.0905 e. The Bertz CT molecular complexity index is 344. The van der Waals surface area contributed by atoms with Gasteiger partial charge in [0.15, 0.2) is 0 Å². The monoisotopic (exact) mass is 204 g/mol. The lowest BCUT2D eigenvalue weighted by Gasteiger charge is -2.06. The Labute approximate surface area is 88.2 Å². The molecule has 0 saturated heterocycles. The summed E-state index contributed by atoms with van der Waals surface area (Å²) in [5, 5.41) is 1.13. The number of hydrogen-bond donors (Lipinski definition) is 0. The van der Waals surface area contributed by atoms with E-state index in [1.54, 1.807) is 6.20 Å². The van der Waals surface area contributed by atoms with Crippen LogP contribution in [-0.4, -0.2) is 22.3 Å². The summed E-state index contributed by atoms with van der Waals surface area (Å²) in [5.74, 6) is 1.19. The molecule has 1 aliphatic rings. The summed E-state index contributed by atoms with van der Waals surface area (Å²) in [5.41, 5.74) is 0.987. The minimum atomic E-state index is 0.967. The van der Waals surface area contributed by atoms with Gasteiger partial charge in [-0.25, -0.2) is 0 Å². The molecule has 0 atom stereocenters. The number of aliphatic imine (C=N–C) groups is 1. The fraction of sp³-hybridized carbons (Fsp3) is 0.273. The zero-order chi connectivity index (χ0) is 9.64. The van der Waals surface area contributed by atoms with Crippen molar-refractivity contribution >= 4 is 22.9 Å². The highest BCUT2D eigenvalue weighted by molar-refractivity contribution is 8.14. The number of thioether (sulfide) groups is 1. The number of rotatable bonds is 2. The molecule has 72 valence electrons. The van der Waals surface area contributed by atoms with Gasteiger partial charge in [-0.15, -0.1) is 11.8 Å². The summed E-state index contributed by atoms with van der Waals surface area (Å²) < 4.78 is 0. The Morgan fingerprint density at radius 1 is 1.29 bits per heavy atom. The van der Waals surface area contributed by atoms with Crippen LogP contribution in [0.3, 0.4) is 0 Å². The van der Waals surface area contributed by atoms with E-state index >= 15 is 0 Å². The Hall–Kier alpha value is -1.09. The highest BCUT2D eigenvalue weighted by Crippen LogP contribution is 2.13. The number of aromatic nitrogens is 1. The van der Waals surface area contributed by atoms with Gasteiger partial charge in [0.1, 0.15) is 0 Å². The lowest BCUT2D eigenvalue weighted by atomic mass is 10.3. The molecular formula is C11H12N2S. The van der Waals surface area contributed by atoms with Gasteiger partial charge in [0.25, 0.3) is 0 Å². The quantitative estimate of drug-likeness (QED) is 0.740. The van der Waals surface area contributed by atoms with Crippen LogP contribution in [0.1, 0.15) is 12.1 Å². The lowest BCUT2D eigenvalue weighted by molar-refractivity contribution is 0.940. The van der Waals surface area contributed by atoms with Gasteiger partial charge in [0, 0.05) is 18.5 Å². The first-order valence-electron chi connectivity index (χ1n) is 4.71. The summed E-state index contributed by atoms with van der Waals surface area (Å²) >= 11 is 1.82. The SMILES string of the molecule is C(=C\c1ccccn1)/C1=NCCCS1. The number of pyridine rings is 1. The molecule has 0 bridgehead atoms. The third-order valence-corrected chi connectivity index (χ3v) is 2.96. The topological polar surface area (TPSA) is 25.2 Å². The fourth-order valence-electron chi connectivity index (χ4n) is 1.21. The van der Waals surface area contributed by atoms with Crippen molar-refractivity contribution in [3.05, 3.63) is 36.2 Å². The maximum absolute atomic E-state index is 4.41. The minimum Gasteiger partial charge on any atom is -0.278 e. The maximum atomic E-state index is 4.41. The van der Waals surface area contributed by atoms with E-state index in [0.717, 1.165) is 17.3 Å². The normalized spacial score (nSPS) is 17.0. The standard InChI is InChI=1S/C11H12N2S/c1-2-7-12-10(4-1)5-6-11-13-8-3-9-14-11/h1-2,4-7H,3,8-9H2/b6-5+. The summed E-state index contributed by atoms with van der Waals surface area (Å²) in [7, 11) is 0. The van der Waals surface area contributed by atoms with Gasteiger partial charge < -0.3 is 0 Å². The van der Waals surface area contributed by atoms with Gasteiger partial charge in [-0.05, 0) is 30.7 Å². The van der Waals surface area contributed by atoms with Gasteiger partial charge in [-0.3, -0.25) is 9.98 Å². The van der Waals surface area contributed by atoms with Gasteiger partial charge in [0.05, 0.1) is 10.7 Å². The van der Waals surface area contributed by atoms with Crippen LogP contribution in [-0.2, 0) is 0 Å². The van der Waals surface area contributed by atoms with E-state index in [1.165, 1.54) is 12.2 Å². The molecular weight excluding hydrogens is 192 g/mol. The minimum absolute atomic E-state index is 0.967. The number of hydrogen-bond acceptors (Lipinski definition) is 3. The molecule has 0 unspecified atom stereocenters. The third-order valence-electron chi connectivity index (χ3n) is 1.90. The summed E-state index contributed by atoms with van der Waals surface area (Å²) in [6.45, 7) is 0.967. The average Bonchev–Trinajstić information content (AvgIpc) is 2.29. The van der Waals surface area contributed by atoms with Crippen molar-refractivity contribution in [2.45, 2.75) is 6.42 Å². The molecule has 0 amide bonds. The van der Waals surface area contributed by atoms with Crippen molar-refractivity contribution < 1.29 is 0 Å². The molecule has 0 N–H and O–H groups in total. The molecule has 1 aliphatic heterocycles. The van der Waals surface area contributed by atoms with Crippen LogP contribution in [0.5, 0.6) is 0 Å². The largest absolute Gasteiger partial charge is 0.278 e. The summed E-state index contributed by atoms with van der Waals surface area (Å²) in [4.78, 5) is 8.62. The highest BCUT2D eigenvalue weighted by atomic mass is 32.2. The van der Waals surface area contributed by atoms with Crippen LogP contribution < -0.4 is 0 Å². The first-order chi connectivity index (χ1) is 6.95. The fourth-order valence-corrected chi connectivity index (χ4v) is 2.04. The molecule has 2 heterocycles. The zero-order valence-corrected chi connectivity index (χ0v) is 8.70. The average molecular weight is 204 g/mol. The van der Waals surface area contributed by atoms with Gasteiger partial charge in [-0.1, -0.05) is 6.07 Å². The predicted molar refractivity (Wildman–Crippen MR) is 62.6 cm³/mol. The second-order valence-corrected chi connectivity index (χ2v) is 4.13. The summed E-state index contributed by atoms with van der Waals surface area (Å²) in [6.07, 6.45) is 7.06. The van der Waals surface area contributed by atoms with Crippen molar-refractivity contribution in [2.75, 3.05) is 12.3 Å². The van der Waals surface area contributed by atoms with Gasteiger partial charge in [0.2, 0.25) is 0 Å². The molecule has 0 aromatic carbocycles. The Balaban J connectivity index is 2.03. The van der Waals surface area contributed by atoms with Crippen LogP contribution in [0.4, 0.5) is 0 Å². The van der Waals surface area contributed by atoms with Crippen LogP contribution in [0.2, 0.25) is 0 Å². The maximum Gasteiger partial charge on any atom is 0.0905 e. The van der Waals surface area contributed by atoms with Crippen LogP contribution in [0.15, 0.2) is 35.5 Å². The Morgan fingerprint density at radius 3 is 3.00 bits per heavy atom. The first kappa shape index (κ1) is 9.46. The van der Waals surface area contributed by atoms with E-state index in [4.69, 9.17) is 0 Å². The molecule has 1 aromatic rings. The molecule has 0 spiro atoms. The Kier molecular flexibility index (Phi) is 3.35. The predicted octanol–water partition coefficient (Wildman–Crippen LogP) is 2.63. The van der Waals surface area contributed by atoms with E-state index < -0.39 is 0 Å². The highest BCUT2D eigenvalue weighted by Gasteiger charge is 2.01. The van der Waals surface area contributed by atoms with Crippen molar-refractivity contribution in [1.29, 1.82) is 0 Å².